The van der Waals surface area contributed by atoms with E-state index < -0.39 is 0 Å². The summed E-state index contributed by atoms with van der Waals surface area (Å²) >= 11 is 1.40. The molecule has 0 saturated heterocycles. The van der Waals surface area contributed by atoms with E-state index in [0.717, 1.165) is 21.0 Å². The van der Waals surface area contributed by atoms with Crippen molar-refractivity contribution >= 4 is 22.8 Å². The molecule has 136 valence electrons. The number of aliphatic hydroxyl groups is 1. The summed E-state index contributed by atoms with van der Waals surface area (Å²) < 4.78 is 13.8. The number of rotatable bonds is 6. The van der Waals surface area contributed by atoms with Crippen LogP contribution < -0.4 is 5.32 Å². The van der Waals surface area contributed by atoms with Gasteiger partial charge in [-0.25, -0.2) is 9.37 Å². The maximum Gasteiger partial charge on any atom is 0.248 e. The summed E-state index contributed by atoms with van der Waals surface area (Å²) in [4.78, 5) is 17.7. The summed E-state index contributed by atoms with van der Waals surface area (Å²) in [6.45, 7) is 3.66. The summed E-state index contributed by atoms with van der Waals surface area (Å²) in [5.41, 5.74) is 2.98. The number of carbonyl (C=O) groups is 1. The number of carbonyl (C=O) groups excluding carboxylic acids is 1. The van der Waals surface area contributed by atoms with E-state index in [-0.39, 0.29) is 24.4 Å². The first-order valence-electron chi connectivity index (χ1n) is 8.54. The Hall–Kier alpha value is -2.31. The number of allylic oxidation sites excluding steroid dienone is 3. The van der Waals surface area contributed by atoms with Gasteiger partial charge in [-0.05, 0) is 36.1 Å². The molecule has 0 fully saturated rings. The fraction of sp³-hybridized carbons (Fsp3) is 0.300. The third-order valence-electron chi connectivity index (χ3n) is 4.44. The molecule has 2 N–H and O–H groups in total. The lowest BCUT2D eigenvalue weighted by Crippen LogP contribution is -2.29. The fourth-order valence-corrected chi connectivity index (χ4v) is 3.73. The minimum Gasteiger partial charge on any atom is -0.391 e. The Morgan fingerprint density at radius 1 is 1.42 bits per heavy atom. The van der Waals surface area contributed by atoms with Crippen molar-refractivity contribution in [3.63, 3.8) is 0 Å². The number of benzene rings is 1. The number of aromatic nitrogens is 1. The second-order valence-corrected chi connectivity index (χ2v) is 7.43. The highest BCUT2D eigenvalue weighted by Crippen LogP contribution is 2.30. The number of aryl methyl sites for hydroxylation is 1. The molecular formula is C20H21FN2O2S. The van der Waals surface area contributed by atoms with Crippen molar-refractivity contribution in [1.82, 2.24) is 10.3 Å². The van der Waals surface area contributed by atoms with Crippen molar-refractivity contribution in [3.05, 3.63) is 68.9 Å². The molecule has 0 spiro atoms. The highest BCUT2D eigenvalue weighted by molar-refractivity contribution is 7.11. The van der Waals surface area contributed by atoms with Gasteiger partial charge in [-0.15, -0.1) is 11.3 Å². The first-order valence-corrected chi connectivity index (χ1v) is 9.36. The largest absolute Gasteiger partial charge is 0.391 e. The zero-order valence-electron chi connectivity index (χ0n) is 14.8. The third kappa shape index (κ3) is 3.92. The minimum absolute atomic E-state index is 0.0480. The fourth-order valence-electron chi connectivity index (χ4n) is 2.82. The molecule has 4 nitrogen and oxygen atoms in total. The van der Waals surface area contributed by atoms with Gasteiger partial charge in [-0.3, -0.25) is 4.79 Å². The molecule has 1 unspecified atom stereocenters. The predicted molar refractivity (Wildman–Crippen MR) is 101 cm³/mol. The van der Waals surface area contributed by atoms with Gasteiger partial charge in [0.2, 0.25) is 5.91 Å². The Bertz CT molecular complexity index is 886. The molecule has 1 aromatic heterocycles. The number of halogens is 1. The van der Waals surface area contributed by atoms with E-state index in [2.05, 4.69) is 10.3 Å². The number of amides is 1. The topological polar surface area (TPSA) is 62.2 Å². The monoisotopic (exact) mass is 372 g/mol. The number of hydrogen-bond donors (Lipinski definition) is 2. The van der Waals surface area contributed by atoms with Crippen LogP contribution in [-0.2, 0) is 11.4 Å². The highest BCUT2D eigenvalue weighted by atomic mass is 32.1. The van der Waals surface area contributed by atoms with Crippen LogP contribution in [0.15, 0.2) is 42.1 Å². The van der Waals surface area contributed by atoms with Crippen LogP contribution in [0.1, 0.15) is 46.8 Å². The summed E-state index contributed by atoms with van der Waals surface area (Å²) in [5, 5.41) is 13.0. The summed E-state index contributed by atoms with van der Waals surface area (Å²) in [6.07, 6.45) is 6.48. The van der Waals surface area contributed by atoms with E-state index in [4.69, 9.17) is 0 Å². The Balaban J connectivity index is 1.65. The molecule has 0 saturated carbocycles. The zero-order chi connectivity index (χ0) is 18.7. The molecular weight excluding hydrogens is 351 g/mol. The average Bonchev–Trinajstić information content (AvgIpc) is 3.31. The van der Waals surface area contributed by atoms with Crippen LogP contribution in [0.3, 0.4) is 0 Å². The number of thiazole rings is 1. The van der Waals surface area contributed by atoms with Crippen molar-refractivity contribution in [2.24, 2.45) is 0 Å². The van der Waals surface area contributed by atoms with Crippen LogP contribution in [0.2, 0.25) is 0 Å². The quantitative estimate of drug-likeness (QED) is 0.804. The third-order valence-corrected chi connectivity index (χ3v) is 5.54. The van der Waals surface area contributed by atoms with Crippen molar-refractivity contribution in [1.29, 1.82) is 0 Å². The lowest BCUT2D eigenvalue weighted by atomic mass is 10.0. The van der Waals surface area contributed by atoms with Gasteiger partial charge in [0.25, 0.3) is 0 Å². The molecule has 1 aliphatic rings. The smallest absolute Gasteiger partial charge is 0.248 e. The van der Waals surface area contributed by atoms with Crippen molar-refractivity contribution in [2.45, 2.75) is 39.3 Å². The van der Waals surface area contributed by atoms with Crippen LogP contribution in [0.5, 0.6) is 0 Å². The first kappa shape index (κ1) is 18.5. The minimum atomic E-state index is -0.240. The maximum absolute atomic E-state index is 13.8. The lowest BCUT2D eigenvalue weighted by Gasteiger charge is -2.15. The normalized spacial score (nSPS) is 14.8. The summed E-state index contributed by atoms with van der Waals surface area (Å²) in [5.74, 6) is -0.382. The van der Waals surface area contributed by atoms with Gasteiger partial charge >= 0.3 is 0 Å². The van der Waals surface area contributed by atoms with Gasteiger partial charge in [0, 0.05) is 18.2 Å². The van der Waals surface area contributed by atoms with Gasteiger partial charge in [-0.1, -0.05) is 31.2 Å². The molecule has 1 amide bonds. The highest BCUT2D eigenvalue weighted by Gasteiger charge is 2.21. The van der Waals surface area contributed by atoms with E-state index in [1.807, 2.05) is 19.1 Å². The molecule has 0 aliphatic heterocycles. The Morgan fingerprint density at radius 3 is 2.88 bits per heavy atom. The SMILES string of the molecule is CCC(NC(=O)C1=CC=C(c2ccc(C)c(F)c2)C1)c1ncc(CO)s1. The Morgan fingerprint density at radius 2 is 2.23 bits per heavy atom. The summed E-state index contributed by atoms with van der Waals surface area (Å²) in [6, 6.07) is 4.95. The van der Waals surface area contributed by atoms with Gasteiger partial charge < -0.3 is 10.4 Å². The van der Waals surface area contributed by atoms with Gasteiger partial charge in [0.05, 0.1) is 17.5 Å². The second kappa shape index (κ2) is 7.93. The molecule has 26 heavy (non-hydrogen) atoms. The van der Waals surface area contributed by atoms with E-state index in [1.54, 1.807) is 25.3 Å². The van der Waals surface area contributed by atoms with Gasteiger partial charge in [0.1, 0.15) is 10.8 Å². The van der Waals surface area contributed by atoms with Crippen molar-refractivity contribution < 1.29 is 14.3 Å². The van der Waals surface area contributed by atoms with E-state index >= 15 is 0 Å². The molecule has 1 atom stereocenters. The molecule has 3 rings (SSSR count). The molecule has 6 heteroatoms. The van der Waals surface area contributed by atoms with Crippen LogP contribution >= 0.6 is 11.3 Å². The van der Waals surface area contributed by atoms with E-state index in [0.29, 0.717) is 24.0 Å². The standard InChI is InChI=1S/C20H21FN2O2S/c1-3-18(20-22-10-16(11-24)26-20)23-19(25)15-7-6-13(8-15)14-5-4-12(2)17(21)9-14/h4-7,9-10,18,24H,3,8,11H2,1-2H3,(H,23,25). The zero-order valence-corrected chi connectivity index (χ0v) is 15.6. The van der Waals surface area contributed by atoms with Gasteiger partial charge in [-0.2, -0.15) is 0 Å². The molecule has 2 aromatic rings. The lowest BCUT2D eigenvalue weighted by molar-refractivity contribution is -0.118. The van der Waals surface area contributed by atoms with Crippen LogP contribution in [0, 0.1) is 12.7 Å². The molecule has 1 heterocycles. The number of hydrogen-bond acceptors (Lipinski definition) is 4. The Kier molecular flexibility index (Phi) is 5.64. The van der Waals surface area contributed by atoms with Gasteiger partial charge in [0.15, 0.2) is 0 Å². The van der Waals surface area contributed by atoms with E-state index in [9.17, 15) is 14.3 Å². The number of nitrogens with zero attached hydrogens (tertiary/aromatic N) is 1. The summed E-state index contributed by atoms with van der Waals surface area (Å²) in [7, 11) is 0. The van der Waals surface area contributed by atoms with E-state index in [1.165, 1.54) is 17.4 Å². The first-order chi connectivity index (χ1) is 12.5. The van der Waals surface area contributed by atoms with Crippen molar-refractivity contribution in [3.8, 4) is 0 Å². The van der Waals surface area contributed by atoms with Crippen LogP contribution in [0.25, 0.3) is 5.57 Å². The number of aliphatic hydroxyl groups excluding tert-OH is 1. The number of nitrogens with one attached hydrogen (secondary N) is 1. The van der Waals surface area contributed by atoms with Crippen molar-refractivity contribution in [2.75, 3.05) is 0 Å². The molecule has 0 bridgehead atoms. The molecule has 1 aliphatic carbocycles. The average molecular weight is 372 g/mol. The molecule has 1 aromatic carbocycles. The molecule has 0 radical (unpaired) electrons. The van der Waals surface area contributed by atoms with Crippen LogP contribution in [0.4, 0.5) is 4.39 Å². The van der Waals surface area contributed by atoms with Crippen LogP contribution in [-0.4, -0.2) is 16.0 Å². The second-order valence-electron chi connectivity index (χ2n) is 6.28. The Labute approximate surface area is 156 Å². The predicted octanol–water partition coefficient (Wildman–Crippen LogP) is 4.06. The maximum atomic E-state index is 13.8.